The van der Waals surface area contributed by atoms with E-state index in [1.807, 2.05) is 23.6 Å². The lowest BCUT2D eigenvalue weighted by Gasteiger charge is -2.19. The van der Waals surface area contributed by atoms with Crippen molar-refractivity contribution in [3.63, 3.8) is 0 Å². The van der Waals surface area contributed by atoms with Crippen LogP contribution in [-0.2, 0) is 0 Å². The Hall–Kier alpha value is -2.86. The van der Waals surface area contributed by atoms with E-state index in [0.717, 1.165) is 10.4 Å². The van der Waals surface area contributed by atoms with Crippen LogP contribution in [0.1, 0.15) is 26.8 Å². The van der Waals surface area contributed by atoms with Crippen LogP contribution >= 0.6 is 11.3 Å². The maximum Gasteiger partial charge on any atom is 0.255 e. The summed E-state index contributed by atoms with van der Waals surface area (Å²) >= 11 is 1.55. The number of rotatable bonds is 5. The molecule has 0 fully saturated rings. The molecule has 0 aliphatic heterocycles. The minimum absolute atomic E-state index is 0.167. The zero-order valence-corrected chi connectivity index (χ0v) is 13.9. The summed E-state index contributed by atoms with van der Waals surface area (Å²) in [7, 11) is 1.73. The van der Waals surface area contributed by atoms with Crippen LogP contribution in [0.4, 0.5) is 5.82 Å². The maximum atomic E-state index is 12.7. The average Bonchev–Trinajstić information content (AvgIpc) is 3.13. The molecule has 1 atom stereocenters. The fourth-order valence-electron chi connectivity index (χ4n) is 2.48. The van der Waals surface area contributed by atoms with Gasteiger partial charge in [0.05, 0.1) is 11.6 Å². The number of nitrogens with zero attached hydrogens (tertiary/aromatic N) is 1. The number of phenolic OH excluding ortho intramolecular Hbond substituents is 1. The first-order valence-electron chi connectivity index (χ1n) is 7.45. The number of hydrogen-bond donors (Lipinski definition) is 3. The van der Waals surface area contributed by atoms with Crippen molar-refractivity contribution in [2.24, 2.45) is 0 Å². The molecule has 1 aromatic carbocycles. The molecule has 0 aliphatic carbocycles. The number of benzene rings is 1. The lowest BCUT2D eigenvalue weighted by Crippen LogP contribution is -2.29. The number of nitrogens with one attached hydrogen (secondary N) is 2. The summed E-state index contributed by atoms with van der Waals surface area (Å²) in [6, 6.07) is 13.9. The summed E-state index contributed by atoms with van der Waals surface area (Å²) in [6.45, 7) is 0. The second-order valence-corrected chi connectivity index (χ2v) is 6.15. The molecule has 2 heterocycles. The van der Waals surface area contributed by atoms with Gasteiger partial charge in [0, 0.05) is 18.1 Å². The minimum atomic E-state index is -0.338. The number of thiophene rings is 1. The van der Waals surface area contributed by atoms with Gasteiger partial charge in [-0.2, -0.15) is 0 Å². The summed E-state index contributed by atoms with van der Waals surface area (Å²) in [6.07, 6.45) is 1.63. The summed E-state index contributed by atoms with van der Waals surface area (Å²) in [5, 5.41) is 17.7. The Bertz CT molecular complexity index is 834. The standard InChI is InChI=1S/C18H17N3O2S/c1-19-17-14(7-3-9-20-17)18(23)21-16(15-8-4-10-24-15)12-5-2-6-13(22)11-12/h2-11,16,22H,1H3,(H,19,20)(H,21,23). The number of aromatic hydroxyl groups is 1. The van der Waals surface area contributed by atoms with E-state index in [1.54, 1.807) is 54.9 Å². The molecule has 3 aromatic rings. The third kappa shape index (κ3) is 3.38. The lowest BCUT2D eigenvalue weighted by molar-refractivity contribution is 0.0944. The van der Waals surface area contributed by atoms with Gasteiger partial charge in [-0.1, -0.05) is 18.2 Å². The number of anilines is 1. The Morgan fingerprint density at radius 1 is 1.21 bits per heavy atom. The van der Waals surface area contributed by atoms with Gasteiger partial charge >= 0.3 is 0 Å². The highest BCUT2D eigenvalue weighted by molar-refractivity contribution is 7.10. The van der Waals surface area contributed by atoms with Gasteiger partial charge in [-0.25, -0.2) is 4.98 Å². The van der Waals surface area contributed by atoms with E-state index < -0.39 is 0 Å². The van der Waals surface area contributed by atoms with Gasteiger partial charge in [0.2, 0.25) is 0 Å². The molecule has 0 bridgehead atoms. The van der Waals surface area contributed by atoms with E-state index in [1.165, 1.54) is 0 Å². The number of carbonyl (C=O) groups is 1. The molecule has 6 heteroatoms. The molecule has 1 unspecified atom stereocenters. The first-order chi connectivity index (χ1) is 11.7. The third-order valence-electron chi connectivity index (χ3n) is 3.60. The molecular formula is C18H17N3O2S. The molecule has 122 valence electrons. The summed E-state index contributed by atoms with van der Waals surface area (Å²) in [5.41, 5.74) is 1.29. The molecular weight excluding hydrogens is 322 g/mol. The van der Waals surface area contributed by atoms with Crippen LogP contribution in [0.3, 0.4) is 0 Å². The van der Waals surface area contributed by atoms with Crippen molar-refractivity contribution in [1.82, 2.24) is 10.3 Å². The normalized spacial score (nSPS) is 11.7. The summed E-state index contributed by atoms with van der Waals surface area (Å²) in [5.74, 6) is 0.464. The van der Waals surface area contributed by atoms with Gasteiger partial charge in [0.15, 0.2) is 0 Å². The quantitative estimate of drug-likeness (QED) is 0.666. The topological polar surface area (TPSA) is 74.2 Å². The Labute approximate surface area is 144 Å². The SMILES string of the molecule is CNc1ncccc1C(=O)NC(c1cccc(O)c1)c1cccs1. The zero-order valence-electron chi connectivity index (χ0n) is 13.1. The van der Waals surface area contributed by atoms with Crippen molar-refractivity contribution < 1.29 is 9.90 Å². The van der Waals surface area contributed by atoms with E-state index in [4.69, 9.17) is 0 Å². The predicted molar refractivity (Wildman–Crippen MR) is 95.5 cm³/mol. The van der Waals surface area contributed by atoms with Crippen molar-refractivity contribution in [2.45, 2.75) is 6.04 Å². The van der Waals surface area contributed by atoms with E-state index >= 15 is 0 Å². The number of hydrogen-bond acceptors (Lipinski definition) is 5. The molecule has 1 amide bonds. The molecule has 24 heavy (non-hydrogen) atoms. The van der Waals surface area contributed by atoms with Gasteiger partial charge < -0.3 is 15.7 Å². The number of aromatic nitrogens is 1. The molecule has 0 saturated carbocycles. The van der Waals surface area contributed by atoms with Crippen LogP contribution in [0.2, 0.25) is 0 Å². The van der Waals surface area contributed by atoms with Crippen molar-refractivity contribution in [1.29, 1.82) is 0 Å². The van der Waals surface area contributed by atoms with E-state index in [9.17, 15) is 9.90 Å². The largest absolute Gasteiger partial charge is 0.508 e. The number of phenols is 1. The number of amides is 1. The molecule has 0 aliphatic rings. The molecule has 0 saturated heterocycles. The first-order valence-corrected chi connectivity index (χ1v) is 8.33. The molecule has 2 aromatic heterocycles. The lowest BCUT2D eigenvalue weighted by atomic mass is 10.0. The van der Waals surface area contributed by atoms with Crippen molar-refractivity contribution >= 4 is 23.1 Å². The van der Waals surface area contributed by atoms with Crippen molar-refractivity contribution in [3.8, 4) is 5.75 Å². The van der Waals surface area contributed by atoms with E-state index in [-0.39, 0.29) is 17.7 Å². The van der Waals surface area contributed by atoms with Crippen LogP contribution in [0.5, 0.6) is 5.75 Å². The molecule has 3 rings (SSSR count). The van der Waals surface area contributed by atoms with Crippen molar-refractivity contribution in [3.05, 3.63) is 76.1 Å². The smallest absolute Gasteiger partial charge is 0.255 e. The van der Waals surface area contributed by atoms with Crippen LogP contribution in [0.15, 0.2) is 60.1 Å². The van der Waals surface area contributed by atoms with Gasteiger partial charge in [-0.15, -0.1) is 11.3 Å². The van der Waals surface area contributed by atoms with E-state index in [2.05, 4.69) is 15.6 Å². The minimum Gasteiger partial charge on any atom is -0.508 e. The van der Waals surface area contributed by atoms with Gasteiger partial charge in [0.1, 0.15) is 11.6 Å². The molecule has 3 N–H and O–H groups in total. The Morgan fingerprint density at radius 2 is 2.08 bits per heavy atom. The van der Waals surface area contributed by atoms with Crippen LogP contribution in [-0.4, -0.2) is 23.0 Å². The summed E-state index contributed by atoms with van der Waals surface area (Å²) < 4.78 is 0. The summed E-state index contributed by atoms with van der Waals surface area (Å²) in [4.78, 5) is 17.9. The van der Waals surface area contributed by atoms with Gasteiger partial charge in [-0.3, -0.25) is 4.79 Å². The first kappa shape index (κ1) is 16.0. The van der Waals surface area contributed by atoms with Gasteiger partial charge in [0.25, 0.3) is 5.91 Å². The second kappa shape index (κ2) is 7.14. The molecule has 5 nitrogen and oxygen atoms in total. The van der Waals surface area contributed by atoms with Gasteiger partial charge in [-0.05, 0) is 41.3 Å². The van der Waals surface area contributed by atoms with Crippen LogP contribution in [0.25, 0.3) is 0 Å². The highest BCUT2D eigenvalue weighted by atomic mass is 32.1. The predicted octanol–water partition coefficient (Wildman–Crippen LogP) is 3.41. The van der Waals surface area contributed by atoms with E-state index in [0.29, 0.717) is 11.4 Å². The number of pyridine rings is 1. The Kier molecular flexibility index (Phi) is 4.77. The Morgan fingerprint density at radius 3 is 2.79 bits per heavy atom. The maximum absolute atomic E-state index is 12.7. The van der Waals surface area contributed by atoms with Crippen LogP contribution < -0.4 is 10.6 Å². The number of carbonyl (C=O) groups excluding carboxylic acids is 1. The Balaban J connectivity index is 1.94. The molecule has 0 radical (unpaired) electrons. The molecule has 0 spiro atoms. The average molecular weight is 339 g/mol. The van der Waals surface area contributed by atoms with Crippen LogP contribution in [0, 0.1) is 0 Å². The highest BCUT2D eigenvalue weighted by Gasteiger charge is 2.21. The van der Waals surface area contributed by atoms with Crippen molar-refractivity contribution in [2.75, 3.05) is 12.4 Å². The third-order valence-corrected chi connectivity index (χ3v) is 4.53. The zero-order chi connectivity index (χ0) is 16.9. The highest BCUT2D eigenvalue weighted by Crippen LogP contribution is 2.28. The second-order valence-electron chi connectivity index (χ2n) is 5.17. The fourth-order valence-corrected chi connectivity index (χ4v) is 3.28. The fraction of sp³-hybridized carbons (Fsp3) is 0.111. The monoisotopic (exact) mass is 339 g/mol.